The minimum absolute atomic E-state index is 0.558. The first kappa shape index (κ1) is 16.6. The number of rotatable bonds is 5. The summed E-state index contributed by atoms with van der Waals surface area (Å²) in [6.07, 6.45) is 6.26. The van der Waals surface area contributed by atoms with E-state index in [4.69, 9.17) is 4.74 Å². The Labute approximate surface area is 141 Å². The van der Waals surface area contributed by atoms with E-state index in [0.29, 0.717) is 6.61 Å². The van der Waals surface area contributed by atoms with Crippen molar-refractivity contribution >= 4 is 21.5 Å². The molecular weight excluding hydrogens is 336 g/mol. The summed E-state index contributed by atoms with van der Waals surface area (Å²) in [5, 5.41) is 0. The van der Waals surface area contributed by atoms with Crippen LogP contribution in [0.4, 0.5) is 0 Å². The van der Waals surface area contributed by atoms with Gasteiger partial charge in [-0.3, -0.25) is 0 Å². The second-order valence-electron chi connectivity index (χ2n) is 5.14. The lowest BCUT2D eigenvalue weighted by atomic mass is 10.0. The van der Waals surface area contributed by atoms with Gasteiger partial charge in [0.1, 0.15) is 12.4 Å². The summed E-state index contributed by atoms with van der Waals surface area (Å²) in [7, 11) is 0. The van der Waals surface area contributed by atoms with Gasteiger partial charge < -0.3 is 4.74 Å². The lowest BCUT2D eigenvalue weighted by Gasteiger charge is -2.15. The molecule has 0 N–H and O–H groups in total. The van der Waals surface area contributed by atoms with Crippen LogP contribution < -0.4 is 4.74 Å². The molecule has 0 bridgehead atoms. The van der Waals surface area contributed by atoms with Gasteiger partial charge in [-0.15, -0.1) is 0 Å². The van der Waals surface area contributed by atoms with Crippen molar-refractivity contribution in [3.8, 4) is 5.75 Å². The van der Waals surface area contributed by atoms with E-state index in [-0.39, 0.29) is 0 Å². The van der Waals surface area contributed by atoms with Crippen LogP contribution in [0.5, 0.6) is 5.75 Å². The van der Waals surface area contributed by atoms with Crippen LogP contribution in [0.3, 0.4) is 0 Å². The molecule has 0 fully saturated rings. The molecule has 0 spiro atoms. The highest BCUT2D eigenvalue weighted by atomic mass is 79.9. The van der Waals surface area contributed by atoms with E-state index in [1.807, 2.05) is 38.1 Å². The van der Waals surface area contributed by atoms with E-state index in [9.17, 15) is 0 Å². The van der Waals surface area contributed by atoms with Gasteiger partial charge in [-0.25, -0.2) is 0 Å². The molecule has 0 heterocycles. The summed E-state index contributed by atoms with van der Waals surface area (Å²) in [5.74, 6) is 0.889. The van der Waals surface area contributed by atoms with Gasteiger partial charge in [0, 0.05) is 5.56 Å². The van der Waals surface area contributed by atoms with E-state index in [1.165, 1.54) is 5.56 Å². The average molecular weight is 357 g/mol. The van der Waals surface area contributed by atoms with E-state index in [2.05, 4.69) is 59.3 Å². The van der Waals surface area contributed by atoms with E-state index < -0.39 is 0 Å². The maximum atomic E-state index is 6.12. The zero-order valence-corrected chi connectivity index (χ0v) is 14.9. The molecule has 2 rings (SSSR count). The predicted octanol–water partition coefficient (Wildman–Crippen LogP) is 6.32. The lowest BCUT2D eigenvalue weighted by Crippen LogP contribution is -1.99. The summed E-state index contributed by atoms with van der Waals surface area (Å²) in [6, 6.07) is 14.5. The number of allylic oxidation sites excluding steroid dienone is 4. The normalized spacial score (nSPS) is 11.9. The highest BCUT2D eigenvalue weighted by Gasteiger charge is 2.12. The highest BCUT2D eigenvalue weighted by molar-refractivity contribution is 9.10. The van der Waals surface area contributed by atoms with Crippen molar-refractivity contribution in [3.63, 3.8) is 0 Å². The molecule has 114 valence electrons. The first-order valence-electron chi connectivity index (χ1n) is 7.42. The molecule has 0 saturated carbocycles. The first-order valence-corrected chi connectivity index (χ1v) is 8.21. The smallest absolute Gasteiger partial charge is 0.141 e. The van der Waals surface area contributed by atoms with Crippen LogP contribution in [0.1, 0.15) is 30.5 Å². The molecule has 0 aliphatic rings. The van der Waals surface area contributed by atoms with E-state index in [1.54, 1.807) is 0 Å². The zero-order valence-electron chi connectivity index (χ0n) is 13.3. The summed E-state index contributed by atoms with van der Waals surface area (Å²) in [6.45, 7) is 6.73. The number of benzene rings is 2. The quantitative estimate of drug-likeness (QED) is 0.569. The second kappa shape index (κ2) is 8.00. The third kappa shape index (κ3) is 4.11. The maximum Gasteiger partial charge on any atom is 0.141 e. The Morgan fingerprint density at radius 2 is 1.86 bits per heavy atom. The van der Waals surface area contributed by atoms with Crippen molar-refractivity contribution in [2.24, 2.45) is 0 Å². The summed E-state index contributed by atoms with van der Waals surface area (Å²) < 4.78 is 7.10. The number of halogens is 1. The number of hydrogen-bond acceptors (Lipinski definition) is 1. The Hall–Kier alpha value is -1.80. The zero-order chi connectivity index (χ0) is 15.9. The third-order valence-electron chi connectivity index (χ3n) is 3.38. The first-order chi connectivity index (χ1) is 10.7. The number of aryl methyl sites for hydroxylation is 1. The second-order valence-corrected chi connectivity index (χ2v) is 6.00. The molecule has 0 atom stereocenters. The Morgan fingerprint density at radius 1 is 1.14 bits per heavy atom. The fourth-order valence-electron chi connectivity index (χ4n) is 2.34. The monoisotopic (exact) mass is 356 g/mol. The molecule has 2 aromatic carbocycles. The van der Waals surface area contributed by atoms with Crippen molar-refractivity contribution in [1.29, 1.82) is 0 Å². The van der Waals surface area contributed by atoms with Gasteiger partial charge in [-0.05, 0) is 65.5 Å². The van der Waals surface area contributed by atoms with Crippen molar-refractivity contribution in [2.75, 3.05) is 0 Å². The van der Waals surface area contributed by atoms with E-state index >= 15 is 0 Å². The van der Waals surface area contributed by atoms with Gasteiger partial charge >= 0.3 is 0 Å². The van der Waals surface area contributed by atoms with Crippen LogP contribution in [-0.2, 0) is 6.61 Å². The average Bonchev–Trinajstić information content (AvgIpc) is 2.52. The SMILES string of the molecule is C/C=C\C(=C/C)c1cc(C)cc(Br)c1OCc1ccccc1. The molecule has 2 heteroatoms. The largest absolute Gasteiger partial charge is 0.487 e. The van der Waals surface area contributed by atoms with Gasteiger partial charge in [-0.2, -0.15) is 0 Å². The maximum absolute atomic E-state index is 6.12. The molecule has 0 amide bonds. The Morgan fingerprint density at radius 3 is 2.50 bits per heavy atom. The molecule has 1 nitrogen and oxygen atoms in total. The van der Waals surface area contributed by atoms with Crippen LogP contribution in [0.25, 0.3) is 5.57 Å². The molecule has 0 aliphatic heterocycles. The van der Waals surface area contributed by atoms with Gasteiger partial charge in [0.15, 0.2) is 0 Å². The standard InChI is InChI=1S/C20H21BrO/c1-4-9-17(5-2)18-12-15(3)13-19(21)20(18)22-14-16-10-7-6-8-11-16/h4-13H,14H2,1-3H3/b9-4-,17-5+. The van der Waals surface area contributed by atoms with Crippen molar-refractivity contribution in [2.45, 2.75) is 27.4 Å². The molecule has 0 unspecified atom stereocenters. The third-order valence-corrected chi connectivity index (χ3v) is 3.97. The molecular formula is C20H21BrO. The van der Waals surface area contributed by atoms with Crippen LogP contribution in [0, 0.1) is 6.92 Å². The van der Waals surface area contributed by atoms with E-state index in [0.717, 1.165) is 26.9 Å². The summed E-state index contributed by atoms with van der Waals surface area (Å²) in [4.78, 5) is 0. The van der Waals surface area contributed by atoms with Crippen molar-refractivity contribution in [3.05, 3.63) is 81.9 Å². The van der Waals surface area contributed by atoms with Gasteiger partial charge in [-0.1, -0.05) is 48.6 Å². The number of hydrogen-bond donors (Lipinski definition) is 0. The van der Waals surface area contributed by atoms with Gasteiger partial charge in [0.25, 0.3) is 0 Å². The van der Waals surface area contributed by atoms with Crippen LogP contribution in [-0.4, -0.2) is 0 Å². The fraction of sp³-hybridized carbons (Fsp3) is 0.200. The Bertz CT molecular complexity index is 684. The summed E-state index contributed by atoms with van der Waals surface area (Å²) in [5.41, 5.74) is 4.64. The predicted molar refractivity (Wildman–Crippen MR) is 98.1 cm³/mol. The molecule has 22 heavy (non-hydrogen) atoms. The molecule has 0 radical (unpaired) electrons. The number of ether oxygens (including phenoxy) is 1. The molecule has 2 aromatic rings. The minimum atomic E-state index is 0.558. The van der Waals surface area contributed by atoms with Gasteiger partial charge in [0.05, 0.1) is 4.47 Å². The topological polar surface area (TPSA) is 9.23 Å². The molecule has 0 saturated heterocycles. The molecule has 0 aromatic heterocycles. The molecule has 0 aliphatic carbocycles. The summed E-state index contributed by atoms with van der Waals surface area (Å²) >= 11 is 3.64. The highest BCUT2D eigenvalue weighted by Crippen LogP contribution is 2.36. The van der Waals surface area contributed by atoms with Crippen molar-refractivity contribution < 1.29 is 4.74 Å². The Kier molecular flexibility index (Phi) is 6.02. The lowest BCUT2D eigenvalue weighted by molar-refractivity contribution is 0.303. The van der Waals surface area contributed by atoms with Gasteiger partial charge in [0.2, 0.25) is 0 Å². The minimum Gasteiger partial charge on any atom is -0.487 e. The fourth-order valence-corrected chi connectivity index (χ4v) is 3.03. The Balaban J connectivity index is 2.37. The van der Waals surface area contributed by atoms with Crippen LogP contribution >= 0.6 is 15.9 Å². The van der Waals surface area contributed by atoms with Crippen LogP contribution in [0.15, 0.2) is 65.2 Å². The van der Waals surface area contributed by atoms with Crippen molar-refractivity contribution in [1.82, 2.24) is 0 Å². The van der Waals surface area contributed by atoms with Crippen LogP contribution in [0.2, 0.25) is 0 Å².